The zero-order valence-electron chi connectivity index (χ0n) is 7.37. The van der Waals surface area contributed by atoms with E-state index in [-0.39, 0.29) is 0 Å². The molecule has 0 aromatic carbocycles. The average Bonchev–Trinajstić information content (AvgIpc) is 1.80. The molecule has 0 heterocycles. The van der Waals surface area contributed by atoms with E-state index in [1.807, 2.05) is 0 Å². The highest BCUT2D eigenvalue weighted by atomic mass is 32.3. The Bertz CT molecular complexity index is 395. The molecule has 0 aliphatic heterocycles. The van der Waals surface area contributed by atoms with E-state index in [0.29, 0.717) is 6.26 Å². The zero-order valence-corrected chi connectivity index (χ0v) is 9.00. The molecule has 0 amide bonds. The molecule has 1 unspecified atom stereocenters. The molecule has 0 aromatic heterocycles. The molecule has 0 N–H and O–H groups in total. The van der Waals surface area contributed by atoms with Gasteiger partial charge in [-0.25, -0.2) is 16.8 Å². The van der Waals surface area contributed by atoms with Gasteiger partial charge in [0.2, 0.25) is 0 Å². The van der Waals surface area contributed by atoms with Crippen LogP contribution in [0.15, 0.2) is 0 Å². The van der Waals surface area contributed by atoms with Gasteiger partial charge in [0.05, 0.1) is 0 Å². The van der Waals surface area contributed by atoms with Crippen molar-refractivity contribution in [3.8, 4) is 0 Å². The second kappa shape index (κ2) is 3.72. The smallest absolute Gasteiger partial charge is 0.228 e. The second-order valence-corrected chi connectivity index (χ2v) is 7.31. The van der Waals surface area contributed by atoms with Gasteiger partial charge in [0, 0.05) is 6.26 Å². The summed E-state index contributed by atoms with van der Waals surface area (Å²) in [6.45, 7) is 0. The van der Waals surface area contributed by atoms with Crippen molar-refractivity contribution in [2.75, 3.05) is 6.26 Å². The van der Waals surface area contributed by atoms with Gasteiger partial charge in [0.1, 0.15) is 7.85 Å². The Hall–Kier alpha value is -0.245. The monoisotopic (exact) mass is 252 g/mol. The maximum atomic E-state index is 11.9. The molecule has 4 nitrogen and oxygen atoms in total. The lowest BCUT2D eigenvalue weighted by molar-refractivity contribution is -0.0437. The SMILES string of the molecule is BCC(S(C)(=O)=O)S(=O)(=O)C(F)(F)F. The van der Waals surface area contributed by atoms with Gasteiger partial charge in [0.15, 0.2) is 14.4 Å². The van der Waals surface area contributed by atoms with Crippen LogP contribution in [-0.2, 0) is 19.7 Å². The van der Waals surface area contributed by atoms with Gasteiger partial charge in [-0.1, -0.05) is 0 Å². The van der Waals surface area contributed by atoms with Crippen LogP contribution in [0.3, 0.4) is 0 Å². The first-order chi connectivity index (χ1) is 5.94. The third kappa shape index (κ3) is 2.63. The fraction of sp³-hybridized carbons (Fsp3) is 1.00. The molecule has 0 bridgehead atoms. The molecule has 0 radical (unpaired) electrons. The van der Waals surface area contributed by atoms with E-state index in [4.69, 9.17) is 0 Å². The lowest BCUT2D eigenvalue weighted by atomic mass is 10.1. The molecule has 0 fully saturated rings. The Balaban J connectivity index is 5.52. The van der Waals surface area contributed by atoms with Gasteiger partial charge in [-0.3, -0.25) is 0 Å². The van der Waals surface area contributed by atoms with Gasteiger partial charge < -0.3 is 0 Å². The van der Waals surface area contributed by atoms with Crippen LogP contribution in [0.2, 0.25) is 6.32 Å². The minimum atomic E-state index is -5.63. The number of halogens is 3. The molecule has 0 saturated heterocycles. The maximum absolute atomic E-state index is 11.9. The van der Waals surface area contributed by atoms with Crippen molar-refractivity contribution in [1.29, 1.82) is 0 Å². The molecule has 0 rings (SSSR count). The van der Waals surface area contributed by atoms with Crippen LogP contribution in [0.25, 0.3) is 0 Å². The normalized spacial score (nSPS) is 16.6. The van der Waals surface area contributed by atoms with Crippen molar-refractivity contribution in [2.45, 2.75) is 16.4 Å². The standard InChI is InChI=1S/C4H8BF3O4S2/c1-13(9,10)3(2-5)14(11,12)4(6,7)8/h3H,2,5H2,1H3. The van der Waals surface area contributed by atoms with Crippen LogP contribution >= 0.6 is 0 Å². The van der Waals surface area contributed by atoms with Gasteiger partial charge in [-0.2, -0.15) is 13.2 Å². The number of sulfone groups is 2. The summed E-state index contributed by atoms with van der Waals surface area (Å²) in [6.07, 6.45) is -0.162. The minimum Gasteiger partial charge on any atom is -0.228 e. The Morgan fingerprint density at radius 2 is 1.57 bits per heavy atom. The molecule has 1 atom stereocenters. The molecule has 14 heavy (non-hydrogen) atoms. The quantitative estimate of drug-likeness (QED) is 0.625. The molecule has 0 spiro atoms. The third-order valence-corrected chi connectivity index (χ3v) is 6.25. The maximum Gasteiger partial charge on any atom is 0.498 e. The number of hydrogen-bond donors (Lipinski definition) is 0. The van der Waals surface area contributed by atoms with E-state index in [2.05, 4.69) is 0 Å². The van der Waals surface area contributed by atoms with Crippen LogP contribution in [0, 0.1) is 0 Å². The molecule has 0 aromatic rings. The summed E-state index contributed by atoms with van der Waals surface area (Å²) in [4.78, 5) is 0. The van der Waals surface area contributed by atoms with E-state index < -0.39 is 36.1 Å². The molecule has 0 saturated carbocycles. The van der Waals surface area contributed by atoms with Crippen LogP contribution in [0.5, 0.6) is 0 Å². The predicted molar refractivity (Wildman–Crippen MR) is 47.0 cm³/mol. The number of rotatable bonds is 3. The summed E-state index contributed by atoms with van der Waals surface area (Å²) in [6, 6.07) is 0. The molecule has 0 aliphatic rings. The van der Waals surface area contributed by atoms with Crippen LogP contribution < -0.4 is 0 Å². The predicted octanol–water partition coefficient (Wildman–Crippen LogP) is -0.657. The van der Waals surface area contributed by atoms with Crippen molar-refractivity contribution in [3.63, 3.8) is 0 Å². The second-order valence-electron chi connectivity index (χ2n) is 2.66. The van der Waals surface area contributed by atoms with Crippen LogP contribution in [0.1, 0.15) is 0 Å². The van der Waals surface area contributed by atoms with Crippen molar-refractivity contribution < 1.29 is 30.0 Å². The largest absolute Gasteiger partial charge is 0.498 e. The highest BCUT2D eigenvalue weighted by Crippen LogP contribution is 2.30. The van der Waals surface area contributed by atoms with Crippen LogP contribution in [0.4, 0.5) is 13.2 Å². The van der Waals surface area contributed by atoms with Crippen molar-refractivity contribution >= 4 is 27.5 Å². The molecular formula is C4H8BF3O4S2. The summed E-state index contributed by atoms with van der Waals surface area (Å²) in [5, 5.41) is 0. The van der Waals surface area contributed by atoms with Gasteiger partial charge in [-0.05, 0) is 6.32 Å². The fourth-order valence-electron chi connectivity index (χ4n) is 0.901. The van der Waals surface area contributed by atoms with Gasteiger partial charge in [0.25, 0.3) is 9.84 Å². The Morgan fingerprint density at radius 3 is 1.64 bits per heavy atom. The summed E-state index contributed by atoms with van der Waals surface area (Å²) < 4.78 is 76.4. The number of hydrogen-bond acceptors (Lipinski definition) is 4. The number of alkyl halides is 3. The summed E-state index contributed by atoms with van der Waals surface area (Å²) in [7, 11) is -8.83. The van der Waals surface area contributed by atoms with E-state index in [1.165, 1.54) is 0 Å². The summed E-state index contributed by atoms with van der Waals surface area (Å²) >= 11 is 0. The molecule has 0 aliphatic carbocycles. The highest BCUT2D eigenvalue weighted by molar-refractivity contribution is 8.09. The Kier molecular flexibility index (Phi) is 3.66. The highest BCUT2D eigenvalue weighted by Gasteiger charge is 2.53. The Morgan fingerprint density at radius 1 is 1.21 bits per heavy atom. The molecular weight excluding hydrogens is 244 g/mol. The first-order valence-corrected chi connectivity index (χ1v) is 6.93. The third-order valence-electron chi connectivity index (χ3n) is 1.48. The van der Waals surface area contributed by atoms with E-state index in [1.54, 1.807) is 0 Å². The summed E-state index contributed by atoms with van der Waals surface area (Å²) in [5.41, 5.74) is -5.53. The lowest BCUT2D eigenvalue weighted by Crippen LogP contribution is -2.38. The zero-order chi connectivity index (χ0) is 11.8. The Labute approximate surface area is 80.7 Å². The van der Waals surface area contributed by atoms with Gasteiger partial charge >= 0.3 is 5.51 Å². The topological polar surface area (TPSA) is 68.3 Å². The van der Waals surface area contributed by atoms with Gasteiger partial charge in [-0.15, -0.1) is 0 Å². The van der Waals surface area contributed by atoms with Crippen molar-refractivity contribution in [1.82, 2.24) is 0 Å². The van der Waals surface area contributed by atoms with E-state index in [0.717, 1.165) is 7.85 Å². The van der Waals surface area contributed by atoms with E-state index >= 15 is 0 Å². The first kappa shape index (κ1) is 13.8. The first-order valence-electron chi connectivity index (χ1n) is 3.43. The molecule has 84 valence electrons. The van der Waals surface area contributed by atoms with Crippen LogP contribution in [-0.4, -0.2) is 41.0 Å². The van der Waals surface area contributed by atoms with Crippen molar-refractivity contribution in [2.24, 2.45) is 0 Å². The lowest BCUT2D eigenvalue weighted by Gasteiger charge is -2.15. The fourth-order valence-corrected chi connectivity index (χ4v) is 4.41. The molecule has 10 heteroatoms. The van der Waals surface area contributed by atoms with Crippen molar-refractivity contribution in [3.05, 3.63) is 0 Å². The summed E-state index contributed by atoms with van der Waals surface area (Å²) in [5.74, 6) is 0. The minimum absolute atomic E-state index is 0.463. The van der Waals surface area contributed by atoms with E-state index in [9.17, 15) is 30.0 Å². The average molecular weight is 252 g/mol.